The summed E-state index contributed by atoms with van der Waals surface area (Å²) in [6.07, 6.45) is 8.42. The molecule has 134 valence electrons. The summed E-state index contributed by atoms with van der Waals surface area (Å²) >= 11 is 6.09. The fourth-order valence-corrected chi connectivity index (χ4v) is 4.73. The number of aromatic nitrogens is 1. The van der Waals surface area contributed by atoms with Crippen LogP contribution in [-0.4, -0.2) is 41.1 Å². The van der Waals surface area contributed by atoms with Crippen molar-refractivity contribution in [2.24, 2.45) is 5.92 Å². The number of nitrogens with zero attached hydrogens (tertiary/aromatic N) is 2. The number of halogens is 1. The number of piperidine rings is 2. The van der Waals surface area contributed by atoms with Gasteiger partial charge in [0, 0.05) is 29.3 Å². The number of nitrogens with one attached hydrogen (secondary N) is 1. The van der Waals surface area contributed by atoms with E-state index in [4.69, 9.17) is 11.6 Å². The van der Waals surface area contributed by atoms with Crippen molar-refractivity contribution >= 4 is 28.4 Å². The second-order valence-electron chi connectivity index (χ2n) is 7.45. The SMILES string of the molecule is O=C(Cn1ccc2ccc(Cl)cc21)NC[C@H]1CCCN2CCCC[C@H]12. The van der Waals surface area contributed by atoms with Crippen LogP contribution in [-0.2, 0) is 11.3 Å². The molecule has 0 bridgehead atoms. The Labute approximate surface area is 154 Å². The van der Waals surface area contributed by atoms with Crippen LogP contribution in [0.3, 0.4) is 0 Å². The first-order valence-corrected chi connectivity index (χ1v) is 9.83. The van der Waals surface area contributed by atoms with Crippen molar-refractivity contribution in [3.8, 4) is 0 Å². The van der Waals surface area contributed by atoms with E-state index in [1.165, 1.54) is 45.2 Å². The summed E-state index contributed by atoms with van der Waals surface area (Å²) < 4.78 is 1.98. The zero-order chi connectivity index (χ0) is 17.2. The molecule has 0 radical (unpaired) electrons. The summed E-state index contributed by atoms with van der Waals surface area (Å²) in [5.41, 5.74) is 1.01. The summed E-state index contributed by atoms with van der Waals surface area (Å²) in [6.45, 7) is 3.64. The number of carbonyl (C=O) groups is 1. The monoisotopic (exact) mass is 359 g/mol. The van der Waals surface area contributed by atoms with Crippen molar-refractivity contribution in [1.82, 2.24) is 14.8 Å². The molecule has 1 N–H and O–H groups in total. The van der Waals surface area contributed by atoms with Crippen molar-refractivity contribution in [1.29, 1.82) is 0 Å². The minimum atomic E-state index is 0.0883. The lowest BCUT2D eigenvalue weighted by molar-refractivity contribution is -0.122. The number of amides is 1. The van der Waals surface area contributed by atoms with Gasteiger partial charge in [0.1, 0.15) is 6.54 Å². The molecule has 0 aliphatic carbocycles. The van der Waals surface area contributed by atoms with Gasteiger partial charge >= 0.3 is 0 Å². The van der Waals surface area contributed by atoms with Crippen molar-refractivity contribution < 1.29 is 4.79 Å². The van der Waals surface area contributed by atoms with Crippen LogP contribution >= 0.6 is 11.6 Å². The van der Waals surface area contributed by atoms with Gasteiger partial charge in [-0.25, -0.2) is 0 Å². The normalized spacial score (nSPS) is 24.2. The van der Waals surface area contributed by atoms with Crippen LogP contribution in [0.25, 0.3) is 10.9 Å². The van der Waals surface area contributed by atoms with Gasteiger partial charge in [-0.15, -0.1) is 0 Å². The Kier molecular flexibility index (Phi) is 5.00. The highest BCUT2D eigenvalue weighted by Gasteiger charge is 2.32. The Bertz CT molecular complexity index is 754. The Morgan fingerprint density at radius 2 is 2.04 bits per heavy atom. The average Bonchev–Trinajstić information content (AvgIpc) is 3.02. The van der Waals surface area contributed by atoms with Crippen molar-refractivity contribution in [3.63, 3.8) is 0 Å². The maximum absolute atomic E-state index is 12.5. The molecule has 4 rings (SSSR count). The first kappa shape index (κ1) is 16.9. The predicted octanol–water partition coefficient (Wildman–Crippen LogP) is 3.68. The molecule has 2 aromatic rings. The van der Waals surface area contributed by atoms with Crippen LogP contribution in [0.1, 0.15) is 32.1 Å². The fraction of sp³-hybridized carbons (Fsp3) is 0.550. The predicted molar refractivity (Wildman–Crippen MR) is 102 cm³/mol. The topological polar surface area (TPSA) is 37.3 Å². The third-order valence-corrected chi connectivity index (χ3v) is 6.08. The molecule has 1 aromatic heterocycles. The summed E-state index contributed by atoms with van der Waals surface area (Å²) in [6, 6.07) is 8.50. The minimum Gasteiger partial charge on any atom is -0.354 e. The Hall–Kier alpha value is -1.52. The molecule has 1 aromatic carbocycles. The molecule has 25 heavy (non-hydrogen) atoms. The summed E-state index contributed by atoms with van der Waals surface area (Å²) in [7, 11) is 0. The van der Waals surface area contributed by atoms with Gasteiger partial charge in [-0.3, -0.25) is 4.79 Å². The molecular weight excluding hydrogens is 334 g/mol. The van der Waals surface area contributed by atoms with Gasteiger partial charge in [-0.1, -0.05) is 24.1 Å². The molecule has 0 unspecified atom stereocenters. The molecule has 2 aliphatic heterocycles. The fourth-order valence-electron chi connectivity index (χ4n) is 4.57. The van der Waals surface area contributed by atoms with Crippen LogP contribution in [0.2, 0.25) is 5.02 Å². The van der Waals surface area contributed by atoms with E-state index >= 15 is 0 Å². The maximum Gasteiger partial charge on any atom is 0.239 e. The molecule has 2 aliphatic rings. The van der Waals surface area contributed by atoms with Gasteiger partial charge in [0.2, 0.25) is 5.91 Å². The molecule has 5 heteroatoms. The molecule has 2 fully saturated rings. The van der Waals surface area contributed by atoms with E-state index < -0.39 is 0 Å². The van der Waals surface area contributed by atoms with Crippen LogP contribution in [0, 0.1) is 5.92 Å². The minimum absolute atomic E-state index is 0.0883. The smallest absolute Gasteiger partial charge is 0.239 e. The Morgan fingerprint density at radius 1 is 1.16 bits per heavy atom. The average molecular weight is 360 g/mol. The second kappa shape index (κ2) is 7.38. The van der Waals surface area contributed by atoms with Crippen LogP contribution in [0.15, 0.2) is 30.5 Å². The van der Waals surface area contributed by atoms with E-state index in [2.05, 4.69) is 10.2 Å². The van der Waals surface area contributed by atoms with E-state index in [1.807, 2.05) is 35.0 Å². The van der Waals surface area contributed by atoms with Gasteiger partial charge in [0.05, 0.1) is 0 Å². The third kappa shape index (κ3) is 3.70. The van der Waals surface area contributed by atoms with E-state index in [0.717, 1.165) is 17.4 Å². The molecule has 0 saturated carbocycles. The van der Waals surface area contributed by atoms with Crippen molar-refractivity contribution in [2.75, 3.05) is 19.6 Å². The van der Waals surface area contributed by atoms with E-state index in [-0.39, 0.29) is 5.91 Å². The highest BCUT2D eigenvalue weighted by molar-refractivity contribution is 6.31. The maximum atomic E-state index is 12.5. The zero-order valence-electron chi connectivity index (χ0n) is 14.6. The lowest BCUT2D eigenvalue weighted by Gasteiger charge is -2.44. The summed E-state index contributed by atoms with van der Waals surface area (Å²) in [5.74, 6) is 0.694. The van der Waals surface area contributed by atoms with Crippen LogP contribution < -0.4 is 5.32 Å². The molecule has 4 nitrogen and oxygen atoms in total. The van der Waals surface area contributed by atoms with Gasteiger partial charge < -0.3 is 14.8 Å². The third-order valence-electron chi connectivity index (χ3n) is 5.84. The zero-order valence-corrected chi connectivity index (χ0v) is 15.3. The second-order valence-corrected chi connectivity index (χ2v) is 7.89. The van der Waals surface area contributed by atoms with Gasteiger partial charge in [0.25, 0.3) is 0 Å². The highest BCUT2D eigenvalue weighted by atomic mass is 35.5. The molecule has 0 spiro atoms. The molecular formula is C20H26ClN3O. The Morgan fingerprint density at radius 3 is 2.96 bits per heavy atom. The number of hydrogen-bond donors (Lipinski definition) is 1. The first-order valence-electron chi connectivity index (χ1n) is 9.46. The van der Waals surface area contributed by atoms with Crippen molar-refractivity contribution in [3.05, 3.63) is 35.5 Å². The number of benzene rings is 1. The molecule has 2 saturated heterocycles. The standard InChI is InChI=1S/C20H26ClN3O/c21-17-7-6-15-8-11-24(19(15)12-17)14-20(25)22-13-16-4-3-10-23-9-2-1-5-18(16)23/h6-8,11-12,16,18H,1-5,9-10,13-14H2,(H,22,25)/t16-,18-/m1/s1. The highest BCUT2D eigenvalue weighted by Crippen LogP contribution is 2.30. The summed E-state index contributed by atoms with van der Waals surface area (Å²) in [5, 5.41) is 5.00. The van der Waals surface area contributed by atoms with Gasteiger partial charge in [-0.2, -0.15) is 0 Å². The number of carbonyl (C=O) groups excluding carboxylic acids is 1. The van der Waals surface area contributed by atoms with E-state index in [9.17, 15) is 4.79 Å². The number of hydrogen-bond acceptors (Lipinski definition) is 2. The first-order chi connectivity index (χ1) is 12.2. The largest absolute Gasteiger partial charge is 0.354 e. The lowest BCUT2D eigenvalue weighted by Crippen LogP contribution is -2.51. The quantitative estimate of drug-likeness (QED) is 0.904. The summed E-state index contributed by atoms with van der Waals surface area (Å²) in [4.78, 5) is 15.1. The van der Waals surface area contributed by atoms with Crippen LogP contribution in [0.4, 0.5) is 0 Å². The number of fused-ring (bicyclic) bond motifs is 2. The Balaban J connectivity index is 1.36. The molecule has 3 heterocycles. The van der Waals surface area contributed by atoms with E-state index in [0.29, 0.717) is 23.5 Å². The van der Waals surface area contributed by atoms with Gasteiger partial charge in [0.15, 0.2) is 0 Å². The van der Waals surface area contributed by atoms with Crippen LogP contribution in [0.5, 0.6) is 0 Å². The lowest BCUT2D eigenvalue weighted by atomic mass is 9.83. The van der Waals surface area contributed by atoms with Gasteiger partial charge in [-0.05, 0) is 68.3 Å². The number of rotatable bonds is 4. The van der Waals surface area contributed by atoms with Crippen molar-refractivity contribution in [2.45, 2.75) is 44.7 Å². The molecule has 1 amide bonds. The molecule has 2 atom stereocenters. The van der Waals surface area contributed by atoms with E-state index in [1.54, 1.807) is 0 Å².